The van der Waals surface area contributed by atoms with Crippen LogP contribution in [0.4, 0.5) is 0 Å². The average molecular weight is 197 g/mol. The van der Waals surface area contributed by atoms with Crippen molar-refractivity contribution >= 4 is 34.5 Å². The summed E-state index contributed by atoms with van der Waals surface area (Å²) >= 11 is 12.6. The average Bonchev–Trinajstić information content (AvgIpc) is 2.13. The third-order valence-electron chi connectivity index (χ3n) is 0.995. The Bertz CT molecular complexity index is 223. The van der Waals surface area contributed by atoms with Crippen molar-refractivity contribution in [2.75, 3.05) is 6.54 Å². The van der Waals surface area contributed by atoms with E-state index in [9.17, 15) is 0 Å². The van der Waals surface area contributed by atoms with Gasteiger partial charge in [-0.15, -0.1) is 11.3 Å². The smallest absolute Gasteiger partial charge is 0.185 e. The Kier molecular flexibility index (Phi) is 2.92. The molecule has 0 saturated carbocycles. The molecule has 0 aliphatic heterocycles. The second kappa shape index (κ2) is 3.53. The van der Waals surface area contributed by atoms with Crippen LogP contribution in [0.25, 0.3) is 0 Å². The van der Waals surface area contributed by atoms with Crippen LogP contribution in [-0.4, -0.2) is 11.5 Å². The lowest BCUT2D eigenvalue weighted by Crippen LogP contribution is -2.01. The SMILES string of the molecule is NCCc1sc(Cl)nc1Cl. The highest BCUT2D eigenvalue weighted by atomic mass is 35.5. The Labute approximate surface area is 73.0 Å². The van der Waals surface area contributed by atoms with Gasteiger partial charge in [0.2, 0.25) is 0 Å². The zero-order valence-corrected chi connectivity index (χ0v) is 7.43. The minimum absolute atomic E-state index is 0.480. The molecule has 0 fully saturated rings. The van der Waals surface area contributed by atoms with Gasteiger partial charge in [-0.05, 0) is 13.0 Å². The maximum atomic E-state index is 5.68. The van der Waals surface area contributed by atoms with E-state index in [-0.39, 0.29) is 0 Å². The third kappa shape index (κ3) is 1.83. The summed E-state index contributed by atoms with van der Waals surface area (Å²) in [5, 5.41) is 0.487. The van der Waals surface area contributed by atoms with Gasteiger partial charge in [0.25, 0.3) is 0 Å². The van der Waals surface area contributed by atoms with Crippen molar-refractivity contribution in [3.63, 3.8) is 0 Å². The molecular formula is C5H6Cl2N2S. The molecule has 0 aliphatic rings. The summed E-state index contributed by atoms with van der Waals surface area (Å²) in [5.74, 6) is 0. The van der Waals surface area contributed by atoms with Crippen LogP contribution >= 0.6 is 34.5 Å². The molecule has 0 radical (unpaired) electrons. The first-order chi connectivity index (χ1) is 4.74. The molecule has 1 rings (SSSR count). The second-order valence-electron chi connectivity index (χ2n) is 1.72. The summed E-state index contributed by atoms with van der Waals surface area (Å²) in [7, 11) is 0. The predicted molar refractivity (Wildman–Crippen MR) is 44.9 cm³/mol. The molecule has 10 heavy (non-hydrogen) atoms. The molecule has 0 bridgehead atoms. The molecule has 1 aromatic heterocycles. The fourth-order valence-corrected chi connectivity index (χ4v) is 2.03. The lowest BCUT2D eigenvalue weighted by molar-refractivity contribution is 0.984. The molecule has 0 aromatic carbocycles. The Balaban J connectivity index is 2.81. The van der Waals surface area contributed by atoms with E-state index in [2.05, 4.69) is 4.98 Å². The first kappa shape index (κ1) is 8.27. The molecule has 0 spiro atoms. The number of nitrogens with two attached hydrogens (primary N) is 1. The van der Waals surface area contributed by atoms with Gasteiger partial charge in [-0.1, -0.05) is 23.2 Å². The van der Waals surface area contributed by atoms with Gasteiger partial charge in [-0.3, -0.25) is 0 Å². The van der Waals surface area contributed by atoms with E-state index in [0.717, 1.165) is 11.3 Å². The van der Waals surface area contributed by atoms with E-state index in [1.54, 1.807) is 0 Å². The third-order valence-corrected chi connectivity index (χ3v) is 2.64. The van der Waals surface area contributed by atoms with Crippen LogP contribution in [0.2, 0.25) is 9.62 Å². The molecule has 0 aliphatic carbocycles. The van der Waals surface area contributed by atoms with Crippen molar-refractivity contribution < 1.29 is 0 Å². The van der Waals surface area contributed by atoms with E-state index >= 15 is 0 Å². The van der Waals surface area contributed by atoms with Crippen LogP contribution in [0.5, 0.6) is 0 Å². The van der Waals surface area contributed by atoms with Crippen molar-refractivity contribution in [3.05, 3.63) is 14.5 Å². The first-order valence-electron chi connectivity index (χ1n) is 2.75. The molecule has 2 N–H and O–H groups in total. The van der Waals surface area contributed by atoms with Crippen molar-refractivity contribution in [2.24, 2.45) is 5.73 Å². The number of aromatic nitrogens is 1. The number of thiazole rings is 1. The number of halogens is 2. The quantitative estimate of drug-likeness (QED) is 0.786. The monoisotopic (exact) mass is 196 g/mol. The van der Waals surface area contributed by atoms with E-state index in [4.69, 9.17) is 28.9 Å². The lowest BCUT2D eigenvalue weighted by Gasteiger charge is -1.88. The molecule has 56 valence electrons. The highest BCUT2D eigenvalue weighted by Gasteiger charge is 2.05. The highest BCUT2D eigenvalue weighted by Crippen LogP contribution is 2.26. The van der Waals surface area contributed by atoms with Crippen molar-refractivity contribution in [2.45, 2.75) is 6.42 Å². The van der Waals surface area contributed by atoms with E-state index in [1.165, 1.54) is 11.3 Å². The minimum Gasteiger partial charge on any atom is -0.330 e. The van der Waals surface area contributed by atoms with E-state index < -0.39 is 0 Å². The highest BCUT2D eigenvalue weighted by molar-refractivity contribution is 7.16. The predicted octanol–water partition coefficient (Wildman–Crippen LogP) is 1.95. The van der Waals surface area contributed by atoms with Crippen LogP contribution in [0, 0.1) is 0 Å². The number of nitrogens with zero attached hydrogens (tertiary/aromatic N) is 1. The lowest BCUT2D eigenvalue weighted by atomic mass is 10.4. The van der Waals surface area contributed by atoms with Gasteiger partial charge in [0.15, 0.2) is 4.47 Å². The Hall–Kier alpha value is 0.170. The molecule has 1 aromatic rings. The second-order valence-corrected chi connectivity index (χ2v) is 3.74. The van der Waals surface area contributed by atoms with Crippen LogP contribution in [0.1, 0.15) is 4.88 Å². The summed E-state index contributed by atoms with van der Waals surface area (Å²) in [5.41, 5.74) is 5.32. The molecule has 0 unspecified atom stereocenters. The Morgan fingerprint density at radius 2 is 2.20 bits per heavy atom. The fraction of sp³-hybridized carbons (Fsp3) is 0.400. The van der Waals surface area contributed by atoms with Crippen LogP contribution in [-0.2, 0) is 6.42 Å². The Morgan fingerprint density at radius 1 is 1.50 bits per heavy atom. The van der Waals surface area contributed by atoms with Crippen molar-refractivity contribution in [3.8, 4) is 0 Å². The molecule has 0 saturated heterocycles. The summed E-state index contributed by atoms with van der Waals surface area (Å²) in [6, 6.07) is 0. The van der Waals surface area contributed by atoms with E-state index in [1.807, 2.05) is 0 Å². The maximum Gasteiger partial charge on any atom is 0.185 e. The first-order valence-corrected chi connectivity index (χ1v) is 4.32. The van der Waals surface area contributed by atoms with Gasteiger partial charge in [0.1, 0.15) is 5.15 Å². The summed E-state index contributed by atoms with van der Waals surface area (Å²) < 4.78 is 0.480. The van der Waals surface area contributed by atoms with Crippen LogP contribution in [0.3, 0.4) is 0 Å². The van der Waals surface area contributed by atoms with Crippen molar-refractivity contribution in [1.29, 1.82) is 0 Å². The van der Waals surface area contributed by atoms with Gasteiger partial charge < -0.3 is 5.73 Å². The van der Waals surface area contributed by atoms with Gasteiger partial charge in [0, 0.05) is 4.88 Å². The minimum atomic E-state index is 0.480. The number of hydrogen-bond donors (Lipinski definition) is 1. The fourth-order valence-electron chi connectivity index (χ4n) is 0.591. The zero-order chi connectivity index (χ0) is 7.56. The summed E-state index contributed by atoms with van der Waals surface area (Å²) in [6.07, 6.45) is 0.753. The van der Waals surface area contributed by atoms with Crippen molar-refractivity contribution in [1.82, 2.24) is 4.98 Å². The Morgan fingerprint density at radius 3 is 2.60 bits per heavy atom. The molecule has 0 amide bonds. The van der Waals surface area contributed by atoms with E-state index in [0.29, 0.717) is 16.2 Å². The van der Waals surface area contributed by atoms with Crippen LogP contribution in [0.15, 0.2) is 0 Å². The molecular weight excluding hydrogens is 191 g/mol. The molecule has 5 heteroatoms. The van der Waals surface area contributed by atoms with Gasteiger partial charge in [0.05, 0.1) is 0 Å². The largest absolute Gasteiger partial charge is 0.330 e. The normalized spacial score (nSPS) is 10.3. The molecule has 0 atom stereocenters. The number of hydrogen-bond acceptors (Lipinski definition) is 3. The van der Waals surface area contributed by atoms with Crippen LogP contribution < -0.4 is 5.73 Å². The molecule has 1 heterocycles. The summed E-state index contributed by atoms with van der Waals surface area (Å²) in [6.45, 7) is 0.582. The zero-order valence-electron chi connectivity index (χ0n) is 5.10. The van der Waals surface area contributed by atoms with Gasteiger partial charge in [-0.25, -0.2) is 4.98 Å². The summed E-state index contributed by atoms with van der Waals surface area (Å²) in [4.78, 5) is 4.79. The topological polar surface area (TPSA) is 38.9 Å². The molecule has 2 nitrogen and oxygen atoms in total. The maximum absolute atomic E-state index is 5.68. The van der Waals surface area contributed by atoms with Gasteiger partial charge >= 0.3 is 0 Å². The number of rotatable bonds is 2. The standard InChI is InChI=1S/C5H6Cl2N2S/c6-4-3(1-2-8)10-5(7)9-4/h1-2,8H2. The van der Waals surface area contributed by atoms with Gasteiger partial charge in [-0.2, -0.15) is 0 Å².